The summed E-state index contributed by atoms with van der Waals surface area (Å²) >= 11 is 6.33. The maximum absolute atomic E-state index is 12.3. The first-order valence-corrected chi connectivity index (χ1v) is 10.1. The van der Waals surface area contributed by atoms with E-state index in [9.17, 15) is 4.79 Å². The van der Waals surface area contributed by atoms with Gasteiger partial charge < -0.3 is 10.1 Å². The molecule has 1 unspecified atom stereocenters. The molecule has 29 heavy (non-hydrogen) atoms. The van der Waals surface area contributed by atoms with Crippen molar-refractivity contribution in [1.82, 2.24) is 9.97 Å². The van der Waals surface area contributed by atoms with E-state index in [0.717, 1.165) is 5.56 Å². The lowest BCUT2D eigenvalue weighted by Gasteiger charge is -2.24. The Balaban J connectivity index is 1.60. The fraction of sp³-hybridized carbons (Fsp3) is 0.318. The topological polar surface area (TPSA) is 67.3 Å². The Morgan fingerprint density at radius 3 is 2.69 bits per heavy atom. The van der Waals surface area contributed by atoms with Crippen molar-refractivity contribution in [3.63, 3.8) is 0 Å². The largest absolute Gasteiger partial charge is 0.447 e. The lowest BCUT2D eigenvalue weighted by molar-refractivity contribution is 0.177. The molecule has 1 N–H and O–H groups in total. The fourth-order valence-corrected chi connectivity index (χ4v) is 3.70. The summed E-state index contributed by atoms with van der Waals surface area (Å²) < 4.78 is 5.23. The number of hydrogen-bond donors (Lipinski definition) is 1. The third kappa shape index (κ3) is 3.85. The van der Waals surface area contributed by atoms with E-state index in [4.69, 9.17) is 16.3 Å². The monoisotopic (exact) mass is 410 g/mol. The number of cyclic esters (lactones) is 1. The summed E-state index contributed by atoms with van der Waals surface area (Å²) in [7, 11) is 0. The Kier molecular flexibility index (Phi) is 5.28. The van der Waals surface area contributed by atoms with E-state index in [-0.39, 0.29) is 18.0 Å². The zero-order valence-electron chi connectivity index (χ0n) is 16.6. The average molecular weight is 411 g/mol. The van der Waals surface area contributed by atoms with Crippen LogP contribution < -0.4 is 10.2 Å². The molecule has 2 aromatic carbocycles. The van der Waals surface area contributed by atoms with Gasteiger partial charge in [-0.2, -0.15) is 4.98 Å². The molecule has 1 fully saturated rings. The highest BCUT2D eigenvalue weighted by molar-refractivity contribution is 6.33. The molecule has 0 aliphatic carbocycles. The minimum Gasteiger partial charge on any atom is -0.447 e. The Morgan fingerprint density at radius 1 is 1.17 bits per heavy atom. The molecule has 1 aromatic heterocycles. The van der Waals surface area contributed by atoms with Gasteiger partial charge in [0, 0.05) is 0 Å². The number of benzene rings is 2. The van der Waals surface area contributed by atoms with Gasteiger partial charge in [0.15, 0.2) is 5.82 Å². The minimum atomic E-state index is -0.433. The van der Waals surface area contributed by atoms with Crippen molar-refractivity contribution >= 4 is 40.2 Å². The molecule has 4 rings (SSSR count). The van der Waals surface area contributed by atoms with Crippen LogP contribution in [-0.2, 0) is 4.74 Å². The summed E-state index contributed by atoms with van der Waals surface area (Å²) in [5.41, 5.74) is 1.12. The van der Waals surface area contributed by atoms with Gasteiger partial charge in [0.25, 0.3) is 0 Å². The van der Waals surface area contributed by atoms with Crippen LogP contribution in [0.15, 0.2) is 48.7 Å². The highest BCUT2D eigenvalue weighted by Gasteiger charge is 2.38. The first kappa shape index (κ1) is 19.5. The molecule has 7 heteroatoms. The SMILES string of the molecule is CC(C)C1COC(=O)N1c1nc(N[C@@H](C)c2ccc3ccccc3c2)ncc1Cl. The first-order valence-electron chi connectivity index (χ1n) is 9.68. The van der Waals surface area contributed by atoms with Crippen LogP contribution in [-0.4, -0.2) is 28.7 Å². The fourth-order valence-electron chi connectivity index (χ4n) is 3.52. The van der Waals surface area contributed by atoms with Gasteiger partial charge in [0.05, 0.1) is 18.3 Å². The Bertz CT molecular complexity index is 1060. The van der Waals surface area contributed by atoms with E-state index in [0.29, 0.717) is 23.4 Å². The van der Waals surface area contributed by atoms with Gasteiger partial charge in [-0.3, -0.25) is 4.90 Å². The van der Waals surface area contributed by atoms with Gasteiger partial charge in [0.2, 0.25) is 5.95 Å². The van der Waals surface area contributed by atoms with Crippen LogP contribution in [0.1, 0.15) is 32.4 Å². The van der Waals surface area contributed by atoms with Crippen molar-refractivity contribution in [1.29, 1.82) is 0 Å². The molecule has 1 saturated heterocycles. The second-order valence-corrected chi connectivity index (χ2v) is 8.00. The second-order valence-electron chi connectivity index (χ2n) is 7.60. The lowest BCUT2D eigenvalue weighted by atomic mass is 10.0. The quantitative estimate of drug-likeness (QED) is 0.606. The van der Waals surface area contributed by atoms with Crippen LogP contribution in [0.25, 0.3) is 10.8 Å². The van der Waals surface area contributed by atoms with Crippen molar-refractivity contribution in [3.05, 3.63) is 59.2 Å². The molecule has 0 saturated carbocycles. The van der Waals surface area contributed by atoms with Gasteiger partial charge in [0.1, 0.15) is 11.6 Å². The van der Waals surface area contributed by atoms with Crippen LogP contribution >= 0.6 is 11.6 Å². The van der Waals surface area contributed by atoms with Gasteiger partial charge >= 0.3 is 6.09 Å². The molecule has 3 aromatic rings. The molecule has 2 heterocycles. The normalized spacial score (nSPS) is 17.6. The Hall–Kier alpha value is -2.86. The van der Waals surface area contributed by atoms with Crippen LogP contribution in [0.2, 0.25) is 5.02 Å². The Labute approximate surface area is 174 Å². The number of nitrogens with one attached hydrogen (secondary N) is 1. The number of fused-ring (bicyclic) bond motifs is 1. The highest BCUT2D eigenvalue weighted by Crippen LogP contribution is 2.32. The predicted octanol–water partition coefficient (Wildman–Crippen LogP) is 5.44. The number of ether oxygens (including phenoxy) is 1. The van der Waals surface area contributed by atoms with E-state index in [1.165, 1.54) is 21.9 Å². The van der Waals surface area contributed by atoms with Crippen LogP contribution in [0.5, 0.6) is 0 Å². The molecule has 6 nitrogen and oxygen atoms in total. The number of nitrogens with zero attached hydrogens (tertiary/aromatic N) is 3. The smallest absolute Gasteiger partial charge is 0.415 e. The average Bonchev–Trinajstić information content (AvgIpc) is 3.10. The highest BCUT2D eigenvalue weighted by atomic mass is 35.5. The number of carbonyl (C=O) groups is 1. The van der Waals surface area contributed by atoms with E-state index < -0.39 is 6.09 Å². The summed E-state index contributed by atoms with van der Waals surface area (Å²) in [6.07, 6.45) is 1.08. The first-order chi connectivity index (χ1) is 13.9. The molecule has 1 aliphatic rings. The molecule has 0 spiro atoms. The number of halogens is 1. The van der Waals surface area contributed by atoms with E-state index in [1.807, 2.05) is 32.9 Å². The lowest BCUT2D eigenvalue weighted by Crippen LogP contribution is -2.38. The summed E-state index contributed by atoms with van der Waals surface area (Å²) in [5.74, 6) is 0.990. The van der Waals surface area contributed by atoms with Crippen LogP contribution in [0, 0.1) is 5.92 Å². The molecule has 1 amide bonds. The number of hydrogen-bond acceptors (Lipinski definition) is 5. The summed E-state index contributed by atoms with van der Waals surface area (Å²) in [4.78, 5) is 22.7. The second kappa shape index (κ2) is 7.87. The standard InChI is InChI=1S/C22H23ClN4O2/c1-13(2)19-12-29-22(28)27(19)20-18(23)11-24-21(26-20)25-14(3)16-9-8-15-6-4-5-7-17(15)10-16/h4-11,13-14,19H,12H2,1-3H3,(H,24,25,26)/t14-,19?/m0/s1. The zero-order chi connectivity index (χ0) is 20.5. The van der Waals surface area contributed by atoms with E-state index >= 15 is 0 Å². The third-order valence-corrected chi connectivity index (χ3v) is 5.51. The molecule has 150 valence electrons. The van der Waals surface area contributed by atoms with Crippen molar-refractivity contribution in [2.24, 2.45) is 5.92 Å². The van der Waals surface area contributed by atoms with E-state index in [2.05, 4.69) is 45.6 Å². The molecular formula is C22H23ClN4O2. The maximum atomic E-state index is 12.3. The molecular weight excluding hydrogens is 388 g/mol. The van der Waals surface area contributed by atoms with Gasteiger partial charge in [-0.25, -0.2) is 9.78 Å². The van der Waals surface area contributed by atoms with Crippen molar-refractivity contribution < 1.29 is 9.53 Å². The predicted molar refractivity (Wildman–Crippen MR) is 115 cm³/mol. The number of amides is 1. The molecule has 0 radical (unpaired) electrons. The maximum Gasteiger partial charge on any atom is 0.415 e. The van der Waals surface area contributed by atoms with Crippen molar-refractivity contribution in [2.75, 3.05) is 16.8 Å². The zero-order valence-corrected chi connectivity index (χ0v) is 17.3. The van der Waals surface area contributed by atoms with Crippen LogP contribution in [0.3, 0.4) is 0 Å². The summed E-state index contributed by atoms with van der Waals surface area (Å²) in [6, 6.07) is 14.4. The number of carbonyl (C=O) groups excluding carboxylic acids is 1. The van der Waals surface area contributed by atoms with Gasteiger partial charge in [-0.05, 0) is 35.2 Å². The molecule has 0 bridgehead atoms. The van der Waals surface area contributed by atoms with Gasteiger partial charge in [-0.15, -0.1) is 0 Å². The number of rotatable bonds is 5. The van der Waals surface area contributed by atoms with Crippen molar-refractivity contribution in [3.8, 4) is 0 Å². The van der Waals surface area contributed by atoms with Gasteiger partial charge in [-0.1, -0.05) is 61.8 Å². The number of anilines is 2. The summed E-state index contributed by atoms with van der Waals surface area (Å²) in [6.45, 7) is 6.45. The molecule has 2 atom stereocenters. The van der Waals surface area contributed by atoms with E-state index in [1.54, 1.807) is 0 Å². The van der Waals surface area contributed by atoms with Crippen LogP contribution in [0.4, 0.5) is 16.6 Å². The summed E-state index contributed by atoms with van der Waals surface area (Å²) in [5, 5.41) is 6.00. The third-order valence-electron chi connectivity index (χ3n) is 5.25. The van der Waals surface area contributed by atoms with Crippen molar-refractivity contribution in [2.45, 2.75) is 32.9 Å². The molecule has 1 aliphatic heterocycles. The minimum absolute atomic E-state index is 0.0277. The Morgan fingerprint density at radius 2 is 1.93 bits per heavy atom. The number of aromatic nitrogens is 2.